The second-order valence-corrected chi connectivity index (χ2v) is 7.79. The lowest BCUT2D eigenvalue weighted by molar-refractivity contribution is -0.115. The van der Waals surface area contributed by atoms with Gasteiger partial charge in [0.1, 0.15) is 16.9 Å². The summed E-state index contributed by atoms with van der Waals surface area (Å²) in [6.45, 7) is 2.08. The number of aryl methyl sites for hydroxylation is 1. The highest BCUT2D eigenvalue weighted by atomic mass is 16.3. The van der Waals surface area contributed by atoms with E-state index < -0.39 is 5.91 Å². The first-order chi connectivity index (χ1) is 16.1. The van der Waals surface area contributed by atoms with Crippen molar-refractivity contribution in [2.24, 2.45) is 0 Å². The van der Waals surface area contributed by atoms with Crippen molar-refractivity contribution in [3.8, 4) is 0 Å². The van der Waals surface area contributed by atoms with Gasteiger partial charge in [-0.15, -0.1) is 0 Å². The monoisotopic (exact) mass is 438 g/mol. The molecule has 0 spiro atoms. The van der Waals surface area contributed by atoms with Gasteiger partial charge < -0.3 is 19.5 Å². The lowest BCUT2D eigenvalue weighted by atomic mass is 10.1. The van der Waals surface area contributed by atoms with E-state index in [4.69, 9.17) is 8.83 Å². The van der Waals surface area contributed by atoms with Crippen LogP contribution in [0.5, 0.6) is 0 Å². The zero-order chi connectivity index (χ0) is 22.8. The minimum absolute atomic E-state index is 0.0544. The minimum atomic E-state index is -0.436. The Kier molecular flexibility index (Phi) is 5.40. The highest BCUT2D eigenvalue weighted by Crippen LogP contribution is 2.32. The fourth-order valence-electron chi connectivity index (χ4n) is 3.88. The van der Waals surface area contributed by atoms with Crippen LogP contribution in [-0.4, -0.2) is 11.8 Å². The number of anilines is 2. The summed E-state index contributed by atoms with van der Waals surface area (Å²) in [5, 5.41) is 7.29. The van der Waals surface area contributed by atoms with E-state index in [1.54, 1.807) is 24.5 Å². The molecule has 0 aliphatic rings. The fraction of sp³-hybridized carbons (Fsp3) is 0.111. The van der Waals surface area contributed by atoms with Crippen molar-refractivity contribution in [1.82, 2.24) is 0 Å². The number of benzene rings is 3. The van der Waals surface area contributed by atoms with Gasteiger partial charge in [-0.2, -0.15) is 0 Å². The molecule has 2 N–H and O–H groups in total. The third-order valence-corrected chi connectivity index (χ3v) is 5.58. The Hall–Kier alpha value is -4.32. The lowest BCUT2D eigenvalue weighted by Crippen LogP contribution is -2.18. The van der Waals surface area contributed by atoms with Crippen LogP contribution in [0.4, 0.5) is 11.4 Å². The molecule has 2 aromatic heterocycles. The van der Waals surface area contributed by atoms with Gasteiger partial charge in [0.2, 0.25) is 11.7 Å². The molecule has 0 aliphatic carbocycles. The molecule has 6 heteroatoms. The van der Waals surface area contributed by atoms with Gasteiger partial charge in [-0.05, 0) is 48.4 Å². The van der Waals surface area contributed by atoms with Crippen molar-refractivity contribution < 1.29 is 18.4 Å². The van der Waals surface area contributed by atoms with Crippen LogP contribution in [-0.2, 0) is 17.6 Å². The summed E-state index contributed by atoms with van der Waals surface area (Å²) in [5.41, 5.74) is 4.22. The number of amides is 2. The first-order valence-electron chi connectivity index (χ1n) is 10.8. The molecule has 5 rings (SSSR count). The average molecular weight is 438 g/mol. The molecule has 0 unspecified atom stereocenters. The molecular weight excluding hydrogens is 416 g/mol. The summed E-state index contributed by atoms with van der Waals surface area (Å²) in [6, 6.07) is 22.3. The van der Waals surface area contributed by atoms with Crippen LogP contribution < -0.4 is 10.6 Å². The molecule has 2 amide bonds. The van der Waals surface area contributed by atoms with E-state index in [-0.39, 0.29) is 18.1 Å². The zero-order valence-electron chi connectivity index (χ0n) is 18.1. The summed E-state index contributed by atoms with van der Waals surface area (Å²) in [7, 11) is 0. The van der Waals surface area contributed by atoms with Gasteiger partial charge in [-0.1, -0.05) is 43.3 Å². The lowest BCUT2D eigenvalue weighted by Gasteiger charge is -2.07. The fourth-order valence-corrected chi connectivity index (χ4v) is 3.88. The van der Waals surface area contributed by atoms with Crippen molar-refractivity contribution in [2.45, 2.75) is 19.8 Å². The van der Waals surface area contributed by atoms with Gasteiger partial charge in [-0.25, -0.2) is 0 Å². The number of para-hydroxylation sites is 2. The Morgan fingerprint density at radius 3 is 2.45 bits per heavy atom. The van der Waals surface area contributed by atoms with E-state index in [0.717, 1.165) is 23.0 Å². The number of carbonyl (C=O) groups excluding carboxylic acids is 2. The SMILES string of the molecule is CCc1ccc2occ(CC(=O)Nc3c(C(=O)Nc4ccccc4)oc4ccccc34)c2c1. The van der Waals surface area contributed by atoms with Crippen LogP contribution in [0, 0.1) is 0 Å². The summed E-state index contributed by atoms with van der Waals surface area (Å²) >= 11 is 0. The van der Waals surface area contributed by atoms with E-state index in [9.17, 15) is 9.59 Å². The molecule has 0 saturated heterocycles. The predicted molar refractivity (Wildman–Crippen MR) is 129 cm³/mol. The quantitative estimate of drug-likeness (QED) is 0.332. The molecule has 0 bridgehead atoms. The summed E-state index contributed by atoms with van der Waals surface area (Å²) in [5.74, 6) is -0.646. The number of furan rings is 2. The van der Waals surface area contributed by atoms with E-state index >= 15 is 0 Å². The number of nitrogens with one attached hydrogen (secondary N) is 2. The van der Waals surface area contributed by atoms with Crippen molar-refractivity contribution >= 4 is 45.1 Å². The molecule has 6 nitrogen and oxygen atoms in total. The van der Waals surface area contributed by atoms with Gasteiger partial charge in [0.05, 0.1) is 12.7 Å². The molecule has 3 aromatic carbocycles. The van der Waals surface area contributed by atoms with Crippen LogP contribution in [0.2, 0.25) is 0 Å². The molecular formula is C27H22N2O4. The molecule has 164 valence electrons. The smallest absolute Gasteiger partial charge is 0.293 e. The topological polar surface area (TPSA) is 84.5 Å². The number of rotatable bonds is 6. The van der Waals surface area contributed by atoms with Crippen molar-refractivity contribution in [1.29, 1.82) is 0 Å². The van der Waals surface area contributed by atoms with Gasteiger partial charge in [0.25, 0.3) is 5.91 Å². The minimum Gasteiger partial charge on any atom is -0.464 e. The van der Waals surface area contributed by atoms with Crippen LogP contribution >= 0.6 is 0 Å². The number of carbonyl (C=O) groups is 2. The summed E-state index contributed by atoms with van der Waals surface area (Å²) in [4.78, 5) is 26.0. The zero-order valence-corrected chi connectivity index (χ0v) is 18.1. The van der Waals surface area contributed by atoms with Gasteiger partial charge in [-0.3, -0.25) is 9.59 Å². The van der Waals surface area contributed by atoms with E-state index in [1.807, 2.05) is 54.6 Å². The molecule has 0 radical (unpaired) electrons. The maximum atomic E-state index is 13.0. The maximum Gasteiger partial charge on any atom is 0.293 e. The molecule has 0 atom stereocenters. The standard InChI is InChI=1S/C27H22N2O4/c1-2-17-12-13-22-21(14-17)18(16-32-22)15-24(30)29-25-20-10-6-7-11-23(20)33-26(25)27(31)28-19-8-4-3-5-9-19/h3-14,16H,2,15H2,1H3,(H,28,31)(H,29,30). The molecule has 2 heterocycles. The normalized spacial score (nSPS) is 11.1. The van der Waals surface area contributed by atoms with Crippen molar-refractivity contribution in [3.63, 3.8) is 0 Å². The van der Waals surface area contributed by atoms with Gasteiger partial charge in [0, 0.05) is 22.0 Å². The van der Waals surface area contributed by atoms with E-state index in [0.29, 0.717) is 22.3 Å². The number of fused-ring (bicyclic) bond motifs is 2. The largest absolute Gasteiger partial charge is 0.464 e. The van der Waals surface area contributed by atoms with Crippen LogP contribution in [0.25, 0.3) is 21.9 Å². The molecule has 0 aliphatic heterocycles. The number of hydrogen-bond acceptors (Lipinski definition) is 4. The highest BCUT2D eigenvalue weighted by molar-refractivity contribution is 6.14. The molecule has 33 heavy (non-hydrogen) atoms. The first-order valence-corrected chi connectivity index (χ1v) is 10.8. The van der Waals surface area contributed by atoms with Gasteiger partial charge in [0.15, 0.2) is 0 Å². The second kappa shape index (κ2) is 8.67. The average Bonchev–Trinajstić information content (AvgIpc) is 3.41. The van der Waals surface area contributed by atoms with Crippen LogP contribution in [0.15, 0.2) is 87.9 Å². The molecule has 0 saturated carbocycles. The Bertz CT molecular complexity index is 1460. The predicted octanol–water partition coefficient (Wildman–Crippen LogP) is 6.17. The number of hydrogen-bond donors (Lipinski definition) is 2. The van der Waals surface area contributed by atoms with Crippen LogP contribution in [0.3, 0.4) is 0 Å². The van der Waals surface area contributed by atoms with Crippen LogP contribution in [0.1, 0.15) is 28.6 Å². The van der Waals surface area contributed by atoms with Crippen molar-refractivity contribution in [2.75, 3.05) is 10.6 Å². The van der Waals surface area contributed by atoms with E-state index in [2.05, 4.69) is 17.6 Å². The van der Waals surface area contributed by atoms with E-state index in [1.165, 1.54) is 5.56 Å². The molecule has 0 fully saturated rings. The Morgan fingerprint density at radius 1 is 0.848 bits per heavy atom. The third kappa shape index (κ3) is 4.11. The Labute approximate surface area is 190 Å². The highest BCUT2D eigenvalue weighted by Gasteiger charge is 2.23. The first kappa shape index (κ1) is 20.6. The van der Waals surface area contributed by atoms with Crippen molar-refractivity contribution in [3.05, 3.63) is 95.9 Å². The Balaban J connectivity index is 1.44. The van der Waals surface area contributed by atoms with Gasteiger partial charge >= 0.3 is 0 Å². The summed E-state index contributed by atoms with van der Waals surface area (Å²) < 4.78 is 11.4. The maximum absolute atomic E-state index is 13.0. The third-order valence-electron chi connectivity index (χ3n) is 5.58. The Morgan fingerprint density at radius 2 is 1.64 bits per heavy atom. The molecule has 5 aromatic rings. The summed E-state index contributed by atoms with van der Waals surface area (Å²) in [6.07, 6.45) is 2.62. The second-order valence-electron chi connectivity index (χ2n) is 7.79.